The zero-order valence-corrected chi connectivity index (χ0v) is 14.1. The average Bonchev–Trinajstić information content (AvgIpc) is 2.55. The molecular weight excluding hydrogens is 336 g/mol. The Kier molecular flexibility index (Phi) is 6.00. The molecule has 1 heterocycles. The number of hydrogen-bond acceptors (Lipinski definition) is 7. The third-order valence-corrected chi connectivity index (χ3v) is 4.38. The largest absolute Gasteiger partial charge is 0.478 e. The van der Waals surface area contributed by atoms with Crippen LogP contribution < -0.4 is 0 Å². The number of rotatable bonds is 6. The van der Waals surface area contributed by atoms with Gasteiger partial charge in [-0.05, 0) is 25.3 Å². The lowest BCUT2D eigenvalue weighted by molar-refractivity contribution is 0.0520. The number of benzene rings is 1. The molecule has 2 rings (SSSR count). The monoisotopic (exact) mass is 350 g/mol. The number of carbonyl (C=O) groups excluding carboxylic acids is 1. The number of nitrogens with zero attached hydrogens (tertiary/aromatic N) is 2. The normalized spacial score (nSPS) is 10.3. The summed E-state index contributed by atoms with van der Waals surface area (Å²) in [5, 5.41) is 10.1. The van der Waals surface area contributed by atoms with Gasteiger partial charge in [-0.25, -0.2) is 19.6 Å². The van der Waals surface area contributed by atoms with Gasteiger partial charge in [0, 0.05) is 11.1 Å². The summed E-state index contributed by atoms with van der Waals surface area (Å²) in [4.78, 5) is 32.2. The van der Waals surface area contributed by atoms with Crippen LogP contribution in [0.5, 0.6) is 0 Å². The summed E-state index contributed by atoms with van der Waals surface area (Å²) in [7, 11) is 0. The summed E-state index contributed by atoms with van der Waals surface area (Å²) in [6.07, 6.45) is 3.22. The summed E-state index contributed by atoms with van der Waals surface area (Å²) in [6.45, 7) is 1.94. The SMILES string of the molecule is CCOC(=O)c1cnc(SC)nc1Sc1ccccc1C(=O)O. The number of carboxylic acid groups (broad SMARTS) is 1. The zero-order valence-electron chi connectivity index (χ0n) is 12.5. The molecule has 0 saturated carbocycles. The van der Waals surface area contributed by atoms with Crippen LogP contribution >= 0.6 is 23.5 Å². The van der Waals surface area contributed by atoms with E-state index in [0.29, 0.717) is 15.1 Å². The molecule has 23 heavy (non-hydrogen) atoms. The maximum Gasteiger partial charge on any atom is 0.342 e. The number of thioether (sulfide) groups is 1. The fraction of sp³-hybridized carbons (Fsp3) is 0.200. The van der Waals surface area contributed by atoms with E-state index in [9.17, 15) is 14.7 Å². The second kappa shape index (κ2) is 7.98. The Labute approximate surface area is 141 Å². The van der Waals surface area contributed by atoms with Gasteiger partial charge in [-0.1, -0.05) is 35.7 Å². The highest BCUT2D eigenvalue weighted by molar-refractivity contribution is 7.99. The molecular formula is C15H14N2O4S2. The van der Waals surface area contributed by atoms with Crippen molar-refractivity contribution in [1.82, 2.24) is 9.97 Å². The predicted octanol–water partition coefficient (Wildman–Crippen LogP) is 3.22. The molecule has 8 heteroatoms. The highest BCUT2D eigenvalue weighted by atomic mass is 32.2. The zero-order chi connectivity index (χ0) is 16.8. The Hall–Kier alpha value is -2.06. The second-order valence-corrected chi connectivity index (χ2v) is 6.00. The molecule has 1 N–H and O–H groups in total. The molecule has 0 unspecified atom stereocenters. The van der Waals surface area contributed by atoms with Crippen LogP contribution in [-0.4, -0.2) is 39.9 Å². The molecule has 0 atom stereocenters. The first-order valence-electron chi connectivity index (χ1n) is 6.65. The minimum absolute atomic E-state index is 0.150. The van der Waals surface area contributed by atoms with Crippen molar-refractivity contribution in [2.75, 3.05) is 12.9 Å². The standard InChI is InChI=1S/C15H14N2O4S2/c1-3-21-14(20)10-8-16-15(22-2)17-12(10)23-11-7-5-4-6-9(11)13(18)19/h4-8H,3H2,1-2H3,(H,18,19). The molecule has 0 aliphatic heterocycles. The summed E-state index contributed by atoms with van der Waals surface area (Å²) in [5.74, 6) is -1.57. The number of hydrogen-bond donors (Lipinski definition) is 1. The van der Waals surface area contributed by atoms with Crippen molar-refractivity contribution in [2.45, 2.75) is 22.0 Å². The lowest BCUT2D eigenvalue weighted by atomic mass is 10.2. The van der Waals surface area contributed by atoms with Crippen molar-refractivity contribution in [1.29, 1.82) is 0 Å². The topological polar surface area (TPSA) is 89.4 Å². The van der Waals surface area contributed by atoms with Crippen LogP contribution in [0.1, 0.15) is 27.6 Å². The van der Waals surface area contributed by atoms with Crippen LogP contribution in [0.4, 0.5) is 0 Å². The molecule has 0 bridgehead atoms. The van der Waals surface area contributed by atoms with Gasteiger partial charge >= 0.3 is 11.9 Å². The maximum absolute atomic E-state index is 12.0. The third-order valence-electron chi connectivity index (χ3n) is 2.73. The van der Waals surface area contributed by atoms with E-state index in [2.05, 4.69) is 9.97 Å². The van der Waals surface area contributed by atoms with Crippen LogP contribution in [0.25, 0.3) is 0 Å². The highest BCUT2D eigenvalue weighted by Crippen LogP contribution is 2.32. The predicted molar refractivity (Wildman–Crippen MR) is 87.3 cm³/mol. The van der Waals surface area contributed by atoms with Crippen LogP contribution in [0, 0.1) is 0 Å². The van der Waals surface area contributed by atoms with E-state index >= 15 is 0 Å². The summed E-state index contributed by atoms with van der Waals surface area (Å²) in [6, 6.07) is 6.55. The van der Waals surface area contributed by atoms with E-state index < -0.39 is 11.9 Å². The molecule has 0 aliphatic carbocycles. The van der Waals surface area contributed by atoms with E-state index in [4.69, 9.17) is 4.74 Å². The van der Waals surface area contributed by atoms with E-state index in [1.54, 1.807) is 25.1 Å². The number of aromatic nitrogens is 2. The van der Waals surface area contributed by atoms with Gasteiger partial charge < -0.3 is 9.84 Å². The average molecular weight is 350 g/mol. The van der Waals surface area contributed by atoms with Crippen LogP contribution in [-0.2, 0) is 4.74 Å². The maximum atomic E-state index is 12.0. The first-order chi connectivity index (χ1) is 11.1. The molecule has 0 amide bonds. The molecule has 2 aromatic rings. The fourth-order valence-electron chi connectivity index (χ4n) is 1.71. The van der Waals surface area contributed by atoms with Crippen LogP contribution in [0.3, 0.4) is 0 Å². The Morgan fingerprint density at radius 2 is 2.00 bits per heavy atom. The molecule has 120 valence electrons. The first-order valence-corrected chi connectivity index (χ1v) is 8.69. The lowest BCUT2D eigenvalue weighted by Crippen LogP contribution is -2.09. The van der Waals surface area contributed by atoms with Crippen molar-refractivity contribution in [3.63, 3.8) is 0 Å². The molecule has 1 aromatic carbocycles. The fourth-order valence-corrected chi connectivity index (χ4v) is 3.11. The van der Waals surface area contributed by atoms with Gasteiger partial charge in [0.2, 0.25) is 0 Å². The summed E-state index contributed by atoms with van der Waals surface area (Å²) in [5.41, 5.74) is 0.367. The van der Waals surface area contributed by atoms with E-state index in [0.717, 1.165) is 11.8 Å². The number of carbonyl (C=O) groups is 2. The molecule has 0 saturated heterocycles. The highest BCUT2D eigenvalue weighted by Gasteiger charge is 2.19. The molecule has 0 aliphatic rings. The van der Waals surface area contributed by atoms with Gasteiger partial charge in [0.15, 0.2) is 5.16 Å². The van der Waals surface area contributed by atoms with Gasteiger partial charge in [-0.2, -0.15) is 0 Å². The molecule has 0 radical (unpaired) electrons. The Bertz CT molecular complexity index is 737. The molecule has 0 spiro atoms. The van der Waals surface area contributed by atoms with Gasteiger partial charge in [0.05, 0.1) is 12.2 Å². The summed E-state index contributed by atoms with van der Waals surface area (Å²) < 4.78 is 5.00. The molecule has 0 fully saturated rings. The van der Waals surface area contributed by atoms with Gasteiger partial charge in [0.1, 0.15) is 10.6 Å². The van der Waals surface area contributed by atoms with Gasteiger partial charge in [-0.3, -0.25) is 0 Å². The van der Waals surface area contributed by atoms with Crippen molar-refractivity contribution >= 4 is 35.5 Å². The van der Waals surface area contributed by atoms with Crippen LogP contribution in [0.2, 0.25) is 0 Å². The van der Waals surface area contributed by atoms with Crippen molar-refractivity contribution < 1.29 is 19.4 Å². The van der Waals surface area contributed by atoms with Crippen molar-refractivity contribution in [3.8, 4) is 0 Å². The number of esters is 1. The van der Waals surface area contributed by atoms with E-state index in [1.807, 2.05) is 6.26 Å². The van der Waals surface area contributed by atoms with Crippen molar-refractivity contribution in [3.05, 3.63) is 41.6 Å². The van der Waals surface area contributed by atoms with E-state index in [-0.39, 0.29) is 17.7 Å². The Morgan fingerprint density at radius 3 is 2.65 bits per heavy atom. The smallest absolute Gasteiger partial charge is 0.342 e. The molecule has 1 aromatic heterocycles. The minimum atomic E-state index is -1.04. The molecule has 6 nitrogen and oxygen atoms in total. The Morgan fingerprint density at radius 1 is 1.26 bits per heavy atom. The quantitative estimate of drug-likeness (QED) is 0.368. The van der Waals surface area contributed by atoms with Crippen molar-refractivity contribution in [2.24, 2.45) is 0 Å². The van der Waals surface area contributed by atoms with Crippen LogP contribution in [0.15, 0.2) is 45.5 Å². The van der Waals surface area contributed by atoms with Gasteiger partial charge in [0.25, 0.3) is 0 Å². The Balaban J connectivity index is 2.45. The number of aromatic carboxylic acids is 1. The summed E-state index contributed by atoms with van der Waals surface area (Å²) >= 11 is 2.44. The van der Waals surface area contributed by atoms with E-state index in [1.165, 1.54) is 24.0 Å². The first kappa shape index (κ1) is 17.3. The lowest BCUT2D eigenvalue weighted by Gasteiger charge is -2.10. The number of carboxylic acids is 1. The number of ether oxygens (including phenoxy) is 1. The third kappa shape index (κ3) is 4.23. The minimum Gasteiger partial charge on any atom is -0.478 e. The second-order valence-electron chi connectivity index (χ2n) is 4.20. The van der Waals surface area contributed by atoms with Gasteiger partial charge in [-0.15, -0.1) is 0 Å².